The summed E-state index contributed by atoms with van der Waals surface area (Å²) in [7, 11) is 0. The summed E-state index contributed by atoms with van der Waals surface area (Å²) in [5.41, 5.74) is 1.76. The molecule has 0 bridgehead atoms. The van der Waals surface area contributed by atoms with Crippen molar-refractivity contribution in [3.63, 3.8) is 0 Å². The van der Waals surface area contributed by atoms with Crippen LogP contribution in [0.5, 0.6) is 0 Å². The highest BCUT2D eigenvalue weighted by molar-refractivity contribution is 6.34. The first kappa shape index (κ1) is 20.4. The highest BCUT2D eigenvalue weighted by atomic mass is 35.5. The first-order chi connectivity index (χ1) is 14.2. The molecule has 4 nitrogen and oxygen atoms in total. The van der Waals surface area contributed by atoms with Gasteiger partial charge in [0, 0.05) is 17.7 Å². The van der Waals surface area contributed by atoms with Crippen molar-refractivity contribution in [3.05, 3.63) is 75.7 Å². The van der Waals surface area contributed by atoms with Crippen LogP contribution >= 0.6 is 11.6 Å². The number of nitrogens with one attached hydrogen (secondary N) is 1. The molecule has 0 spiro atoms. The Morgan fingerprint density at radius 3 is 2.57 bits per heavy atom. The third-order valence-electron chi connectivity index (χ3n) is 5.30. The second-order valence-corrected chi connectivity index (χ2v) is 7.44. The molecule has 1 aliphatic heterocycles. The fourth-order valence-corrected chi connectivity index (χ4v) is 4.07. The molecule has 1 atom stereocenters. The number of hydrogen-bond donors (Lipinski definition) is 1. The molecule has 30 heavy (non-hydrogen) atoms. The molecule has 1 unspecified atom stereocenters. The van der Waals surface area contributed by atoms with Crippen molar-refractivity contribution >= 4 is 17.5 Å². The van der Waals surface area contributed by atoms with Crippen LogP contribution in [0.3, 0.4) is 0 Å². The lowest BCUT2D eigenvalue weighted by molar-refractivity contribution is -0.137. The van der Waals surface area contributed by atoms with Crippen LogP contribution < -0.4 is 0 Å². The van der Waals surface area contributed by atoms with Gasteiger partial charge in [-0.3, -0.25) is 9.89 Å². The minimum absolute atomic E-state index is 0.194. The molecule has 4 rings (SSSR count). The second-order valence-electron chi connectivity index (χ2n) is 7.06. The number of rotatable bonds is 2. The first-order valence-corrected chi connectivity index (χ1v) is 9.56. The van der Waals surface area contributed by atoms with Crippen molar-refractivity contribution in [2.24, 2.45) is 0 Å². The Morgan fingerprint density at radius 2 is 1.90 bits per heavy atom. The summed E-state index contributed by atoms with van der Waals surface area (Å²) in [5, 5.41) is 6.64. The fourth-order valence-electron chi connectivity index (χ4n) is 3.75. The standard InChI is InChI=1S/C21H16ClF4N3O/c1-11-18-15(19(28-27-18)12-5-7-13(23)8-6-12)9-10-29(11)20(30)14-3-2-4-16(17(14)22)21(24,25)26/h2-8,11H,9-10H2,1H3,(H,27,28). The molecule has 1 aromatic heterocycles. The number of nitrogens with zero attached hydrogens (tertiary/aromatic N) is 2. The van der Waals surface area contributed by atoms with Gasteiger partial charge in [0.15, 0.2) is 0 Å². The van der Waals surface area contributed by atoms with Gasteiger partial charge in [0.1, 0.15) is 5.82 Å². The number of alkyl halides is 3. The number of aromatic nitrogens is 2. The highest BCUT2D eigenvalue weighted by Crippen LogP contribution is 2.39. The zero-order chi connectivity index (χ0) is 21.6. The van der Waals surface area contributed by atoms with Gasteiger partial charge >= 0.3 is 6.18 Å². The largest absolute Gasteiger partial charge is 0.417 e. The lowest BCUT2D eigenvalue weighted by Gasteiger charge is -2.33. The minimum Gasteiger partial charge on any atom is -0.330 e. The minimum atomic E-state index is -4.65. The van der Waals surface area contributed by atoms with Crippen LogP contribution in [-0.2, 0) is 12.6 Å². The third-order valence-corrected chi connectivity index (χ3v) is 5.71. The maximum atomic E-state index is 13.2. The molecule has 2 heterocycles. The number of hydrogen-bond acceptors (Lipinski definition) is 2. The number of H-pyrrole nitrogens is 1. The molecule has 0 fully saturated rings. The van der Waals surface area contributed by atoms with Crippen molar-refractivity contribution in [1.82, 2.24) is 15.1 Å². The van der Waals surface area contributed by atoms with E-state index in [2.05, 4.69) is 10.2 Å². The Kier molecular flexibility index (Phi) is 5.05. The lowest BCUT2D eigenvalue weighted by atomic mass is 9.95. The number of fused-ring (bicyclic) bond motifs is 1. The number of amides is 1. The molecular formula is C21H16ClF4N3O. The van der Waals surface area contributed by atoms with Gasteiger partial charge in [0.05, 0.1) is 33.6 Å². The summed E-state index contributed by atoms with van der Waals surface area (Å²) >= 11 is 5.93. The number of carbonyl (C=O) groups is 1. The predicted molar refractivity (Wildman–Crippen MR) is 104 cm³/mol. The number of benzene rings is 2. The van der Waals surface area contributed by atoms with Crippen molar-refractivity contribution in [2.45, 2.75) is 25.6 Å². The summed E-state index contributed by atoms with van der Waals surface area (Å²) in [5.74, 6) is -0.937. The van der Waals surface area contributed by atoms with E-state index in [1.54, 1.807) is 19.1 Å². The Hall–Kier alpha value is -2.87. The van der Waals surface area contributed by atoms with Crippen molar-refractivity contribution in [1.29, 1.82) is 0 Å². The molecule has 1 amide bonds. The zero-order valence-corrected chi connectivity index (χ0v) is 16.5. The van der Waals surface area contributed by atoms with Crippen LogP contribution in [0.1, 0.15) is 40.1 Å². The van der Waals surface area contributed by atoms with E-state index in [0.717, 1.165) is 17.2 Å². The van der Waals surface area contributed by atoms with Gasteiger partial charge in [-0.1, -0.05) is 17.7 Å². The normalized spacial score (nSPS) is 16.5. The van der Waals surface area contributed by atoms with E-state index in [4.69, 9.17) is 11.6 Å². The van der Waals surface area contributed by atoms with E-state index < -0.39 is 28.7 Å². The van der Waals surface area contributed by atoms with E-state index in [1.807, 2.05) is 0 Å². The van der Waals surface area contributed by atoms with Crippen LogP contribution in [-0.4, -0.2) is 27.5 Å². The molecule has 9 heteroatoms. The van der Waals surface area contributed by atoms with E-state index in [0.29, 0.717) is 17.8 Å². The molecule has 0 aliphatic carbocycles. The van der Waals surface area contributed by atoms with Crippen LogP contribution in [0.15, 0.2) is 42.5 Å². The molecule has 1 N–H and O–H groups in total. The fraction of sp³-hybridized carbons (Fsp3) is 0.238. The SMILES string of the molecule is CC1c2[nH]nc(-c3ccc(F)cc3)c2CCN1C(=O)c1cccc(C(F)(F)F)c1Cl. The Morgan fingerprint density at radius 1 is 1.20 bits per heavy atom. The molecule has 0 saturated carbocycles. The molecule has 1 aliphatic rings. The first-order valence-electron chi connectivity index (χ1n) is 9.18. The maximum Gasteiger partial charge on any atom is 0.417 e. The van der Waals surface area contributed by atoms with Crippen molar-refractivity contribution in [2.75, 3.05) is 6.54 Å². The molecule has 0 saturated heterocycles. The van der Waals surface area contributed by atoms with Gasteiger partial charge in [-0.2, -0.15) is 18.3 Å². The van der Waals surface area contributed by atoms with E-state index >= 15 is 0 Å². The summed E-state index contributed by atoms with van der Waals surface area (Å²) in [6.07, 6.45) is -4.20. The van der Waals surface area contributed by atoms with Gasteiger partial charge in [0.2, 0.25) is 0 Å². The molecule has 2 aromatic carbocycles. The van der Waals surface area contributed by atoms with Gasteiger partial charge in [-0.15, -0.1) is 0 Å². The van der Waals surface area contributed by atoms with Gasteiger partial charge in [-0.05, 0) is 49.7 Å². The molecule has 3 aromatic rings. The lowest BCUT2D eigenvalue weighted by Crippen LogP contribution is -2.39. The van der Waals surface area contributed by atoms with Gasteiger partial charge in [-0.25, -0.2) is 4.39 Å². The third kappa shape index (κ3) is 3.45. The van der Waals surface area contributed by atoms with Gasteiger partial charge in [0.25, 0.3) is 5.91 Å². The number of halogens is 5. The van der Waals surface area contributed by atoms with E-state index in [-0.39, 0.29) is 17.9 Å². The van der Waals surface area contributed by atoms with Crippen LogP contribution in [0.2, 0.25) is 5.02 Å². The van der Waals surface area contributed by atoms with Crippen LogP contribution in [0.25, 0.3) is 11.3 Å². The summed E-state index contributed by atoms with van der Waals surface area (Å²) < 4.78 is 52.7. The van der Waals surface area contributed by atoms with Gasteiger partial charge < -0.3 is 4.90 Å². The average Bonchev–Trinajstić information content (AvgIpc) is 3.13. The zero-order valence-electron chi connectivity index (χ0n) is 15.7. The number of aromatic amines is 1. The van der Waals surface area contributed by atoms with Crippen LogP contribution in [0, 0.1) is 5.82 Å². The molecule has 156 valence electrons. The summed E-state index contributed by atoms with van der Waals surface area (Å²) in [6.45, 7) is 2.05. The Bertz CT molecular complexity index is 1110. The average molecular weight is 438 g/mol. The predicted octanol–water partition coefficient (Wildman–Crippen LogP) is 5.65. The molecule has 0 radical (unpaired) electrons. The summed E-state index contributed by atoms with van der Waals surface area (Å²) in [6, 6.07) is 8.79. The van der Waals surface area contributed by atoms with Crippen LogP contribution in [0.4, 0.5) is 17.6 Å². The monoisotopic (exact) mass is 437 g/mol. The maximum absolute atomic E-state index is 13.2. The molecular weight excluding hydrogens is 422 g/mol. The van der Waals surface area contributed by atoms with Crippen molar-refractivity contribution < 1.29 is 22.4 Å². The Labute approximate surface area is 174 Å². The van der Waals surface area contributed by atoms with Crippen molar-refractivity contribution in [3.8, 4) is 11.3 Å². The van der Waals surface area contributed by atoms with E-state index in [9.17, 15) is 22.4 Å². The highest BCUT2D eigenvalue weighted by Gasteiger charge is 2.37. The van der Waals surface area contributed by atoms with E-state index in [1.165, 1.54) is 29.2 Å². The Balaban J connectivity index is 1.66. The second kappa shape index (κ2) is 7.43. The summed E-state index contributed by atoms with van der Waals surface area (Å²) in [4.78, 5) is 14.5. The topological polar surface area (TPSA) is 49.0 Å². The number of carbonyl (C=O) groups excluding carboxylic acids is 1. The smallest absolute Gasteiger partial charge is 0.330 e. The quantitative estimate of drug-likeness (QED) is 0.527.